The number of hydrogen-bond acceptors (Lipinski definition) is 5. The Morgan fingerprint density at radius 1 is 1.43 bits per heavy atom. The summed E-state index contributed by atoms with van der Waals surface area (Å²) in [5.41, 5.74) is 0.669. The summed E-state index contributed by atoms with van der Waals surface area (Å²) in [6.45, 7) is 4.11. The Morgan fingerprint density at radius 3 is 2.86 bits per heavy atom. The molecule has 74 valence electrons. The van der Waals surface area contributed by atoms with Crippen LogP contribution in [0.5, 0.6) is 0 Å². The van der Waals surface area contributed by atoms with E-state index in [-0.39, 0.29) is 0 Å². The van der Waals surface area contributed by atoms with Gasteiger partial charge < -0.3 is 5.32 Å². The summed E-state index contributed by atoms with van der Waals surface area (Å²) in [6.07, 6.45) is 1.45. The molecule has 0 saturated heterocycles. The van der Waals surface area contributed by atoms with Crippen LogP contribution in [0.1, 0.15) is 13.8 Å². The third-order valence-electron chi connectivity index (χ3n) is 1.56. The number of hydrogen-bond donors (Lipinski definition) is 1. The quantitative estimate of drug-likeness (QED) is 0.803. The molecular formula is C8H9ClN4S. The minimum absolute atomic E-state index is 0.349. The van der Waals surface area contributed by atoms with E-state index in [1.807, 2.05) is 0 Å². The predicted octanol–water partition coefficient (Wildman–Crippen LogP) is 2.56. The normalized spacial score (nSPS) is 11.1. The number of anilines is 1. The number of thiazole rings is 1. The van der Waals surface area contributed by atoms with Gasteiger partial charge in [-0.2, -0.15) is 0 Å². The highest BCUT2D eigenvalue weighted by Crippen LogP contribution is 2.27. The maximum absolute atomic E-state index is 5.87. The minimum Gasteiger partial charge on any atom is -0.359 e. The van der Waals surface area contributed by atoms with E-state index in [0.717, 1.165) is 9.96 Å². The molecule has 1 N–H and O–H groups in total. The first-order valence-electron chi connectivity index (χ1n) is 4.20. The molecule has 0 aromatic carbocycles. The van der Waals surface area contributed by atoms with Crippen LogP contribution in [0.4, 0.5) is 5.13 Å². The highest BCUT2D eigenvalue weighted by molar-refractivity contribution is 7.21. The summed E-state index contributed by atoms with van der Waals surface area (Å²) in [7, 11) is 0. The van der Waals surface area contributed by atoms with E-state index in [1.54, 1.807) is 0 Å². The molecule has 0 bridgehead atoms. The summed E-state index contributed by atoms with van der Waals surface area (Å²) < 4.78 is 0. The van der Waals surface area contributed by atoms with E-state index in [9.17, 15) is 0 Å². The van der Waals surface area contributed by atoms with Crippen molar-refractivity contribution in [2.45, 2.75) is 19.9 Å². The molecule has 2 aromatic heterocycles. The number of halogens is 1. The van der Waals surface area contributed by atoms with Gasteiger partial charge in [0.25, 0.3) is 0 Å². The van der Waals surface area contributed by atoms with Crippen LogP contribution in [0.3, 0.4) is 0 Å². The van der Waals surface area contributed by atoms with Gasteiger partial charge in [0.05, 0.1) is 0 Å². The number of fused-ring (bicyclic) bond motifs is 1. The van der Waals surface area contributed by atoms with Crippen LogP contribution < -0.4 is 5.32 Å². The molecule has 0 atom stereocenters. The Morgan fingerprint density at radius 2 is 2.21 bits per heavy atom. The lowest BCUT2D eigenvalue weighted by Gasteiger charge is -2.03. The van der Waals surface area contributed by atoms with Crippen LogP contribution in [-0.4, -0.2) is 21.0 Å². The SMILES string of the molecule is CC(C)Nc1nc2c(Cl)ncnc2s1. The Bertz CT molecular complexity index is 454. The molecule has 0 spiro atoms. The first-order valence-corrected chi connectivity index (χ1v) is 5.40. The van der Waals surface area contributed by atoms with E-state index in [2.05, 4.69) is 34.1 Å². The van der Waals surface area contributed by atoms with Crippen molar-refractivity contribution in [3.8, 4) is 0 Å². The zero-order valence-electron chi connectivity index (χ0n) is 7.78. The molecule has 2 heterocycles. The Labute approximate surface area is 90.4 Å². The first kappa shape index (κ1) is 9.61. The van der Waals surface area contributed by atoms with Gasteiger partial charge in [0.1, 0.15) is 16.7 Å². The highest BCUT2D eigenvalue weighted by atomic mass is 35.5. The van der Waals surface area contributed by atoms with Gasteiger partial charge in [-0.15, -0.1) is 0 Å². The van der Waals surface area contributed by atoms with Crippen molar-refractivity contribution in [3.63, 3.8) is 0 Å². The fraction of sp³-hybridized carbons (Fsp3) is 0.375. The maximum Gasteiger partial charge on any atom is 0.185 e. The summed E-state index contributed by atoms with van der Waals surface area (Å²) in [6, 6.07) is 0.349. The predicted molar refractivity (Wildman–Crippen MR) is 59.0 cm³/mol. The average molecular weight is 229 g/mol. The molecule has 0 aliphatic heterocycles. The molecule has 14 heavy (non-hydrogen) atoms. The van der Waals surface area contributed by atoms with Gasteiger partial charge in [-0.25, -0.2) is 15.0 Å². The summed E-state index contributed by atoms with van der Waals surface area (Å²) >= 11 is 7.35. The Kier molecular flexibility index (Phi) is 2.52. The first-order chi connectivity index (χ1) is 6.66. The second-order valence-corrected chi connectivity index (χ2v) is 4.47. The standard InChI is InChI=1S/C8H9ClN4S/c1-4(2)12-8-13-5-6(9)10-3-11-7(5)14-8/h3-4H,1-2H3,(H,12,13). The van der Waals surface area contributed by atoms with Gasteiger partial charge in [-0.3, -0.25) is 0 Å². The van der Waals surface area contributed by atoms with Crippen molar-refractivity contribution >= 4 is 38.4 Å². The van der Waals surface area contributed by atoms with Gasteiger partial charge in [0.2, 0.25) is 0 Å². The van der Waals surface area contributed by atoms with Crippen molar-refractivity contribution in [3.05, 3.63) is 11.5 Å². The fourth-order valence-electron chi connectivity index (χ4n) is 1.04. The highest BCUT2D eigenvalue weighted by Gasteiger charge is 2.08. The monoisotopic (exact) mass is 228 g/mol. The minimum atomic E-state index is 0.349. The zero-order chi connectivity index (χ0) is 10.1. The molecule has 0 unspecified atom stereocenters. The Hall–Kier alpha value is -0.940. The Balaban J connectivity index is 2.46. The third kappa shape index (κ3) is 1.78. The molecule has 0 radical (unpaired) electrons. The summed E-state index contributed by atoms with van der Waals surface area (Å²) in [5.74, 6) is 0. The molecule has 0 saturated carbocycles. The van der Waals surface area contributed by atoms with Gasteiger partial charge in [-0.1, -0.05) is 22.9 Å². The molecule has 2 rings (SSSR count). The molecule has 0 aliphatic rings. The number of aromatic nitrogens is 3. The zero-order valence-corrected chi connectivity index (χ0v) is 9.35. The van der Waals surface area contributed by atoms with E-state index in [1.165, 1.54) is 17.7 Å². The fourth-order valence-corrected chi connectivity index (χ4v) is 2.22. The molecular weight excluding hydrogens is 220 g/mol. The van der Waals surface area contributed by atoms with Crippen molar-refractivity contribution < 1.29 is 0 Å². The van der Waals surface area contributed by atoms with E-state index >= 15 is 0 Å². The van der Waals surface area contributed by atoms with Crippen LogP contribution in [-0.2, 0) is 0 Å². The van der Waals surface area contributed by atoms with Crippen molar-refractivity contribution in [2.75, 3.05) is 5.32 Å². The molecule has 4 nitrogen and oxygen atoms in total. The lowest BCUT2D eigenvalue weighted by atomic mass is 10.4. The van der Waals surface area contributed by atoms with Crippen molar-refractivity contribution in [2.24, 2.45) is 0 Å². The summed E-state index contributed by atoms with van der Waals surface area (Å²) in [5, 5.41) is 4.44. The maximum atomic E-state index is 5.87. The largest absolute Gasteiger partial charge is 0.359 e. The van der Waals surface area contributed by atoms with Crippen LogP contribution in [0.25, 0.3) is 10.3 Å². The molecule has 0 fully saturated rings. The van der Waals surface area contributed by atoms with Crippen LogP contribution >= 0.6 is 22.9 Å². The lowest BCUT2D eigenvalue weighted by Crippen LogP contribution is -2.08. The van der Waals surface area contributed by atoms with Crippen molar-refractivity contribution in [1.82, 2.24) is 15.0 Å². The topological polar surface area (TPSA) is 50.7 Å². The van der Waals surface area contributed by atoms with Crippen molar-refractivity contribution in [1.29, 1.82) is 0 Å². The molecule has 0 amide bonds. The number of nitrogens with one attached hydrogen (secondary N) is 1. The van der Waals surface area contributed by atoms with E-state index in [0.29, 0.717) is 16.7 Å². The van der Waals surface area contributed by atoms with Crippen LogP contribution in [0, 0.1) is 0 Å². The van der Waals surface area contributed by atoms with Crippen LogP contribution in [0.2, 0.25) is 5.15 Å². The smallest absolute Gasteiger partial charge is 0.185 e. The second-order valence-electron chi connectivity index (χ2n) is 3.14. The molecule has 0 aliphatic carbocycles. The average Bonchev–Trinajstić information content (AvgIpc) is 2.47. The third-order valence-corrected chi connectivity index (χ3v) is 2.73. The molecule has 6 heteroatoms. The number of nitrogens with zero attached hydrogens (tertiary/aromatic N) is 3. The van der Waals surface area contributed by atoms with Gasteiger partial charge in [0.15, 0.2) is 10.3 Å². The second kappa shape index (κ2) is 3.67. The van der Waals surface area contributed by atoms with Gasteiger partial charge in [0, 0.05) is 6.04 Å². The number of rotatable bonds is 2. The van der Waals surface area contributed by atoms with E-state index < -0.39 is 0 Å². The van der Waals surface area contributed by atoms with Crippen LogP contribution in [0.15, 0.2) is 6.33 Å². The van der Waals surface area contributed by atoms with Gasteiger partial charge in [-0.05, 0) is 13.8 Å². The lowest BCUT2D eigenvalue weighted by molar-refractivity contribution is 0.897. The van der Waals surface area contributed by atoms with E-state index in [4.69, 9.17) is 11.6 Å². The summed E-state index contributed by atoms with van der Waals surface area (Å²) in [4.78, 5) is 13.1. The molecule has 2 aromatic rings. The van der Waals surface area contributed by atoms with Gasteiger partial charge >= 0.3 is 0 Å².